The second-order valence-electron chi connectivity index (χ2n) is 5.92. The molecule has 2 aromatic carbocycles. The predicted molar refractivity (Wildman–Crippen MR) is 103 cm³/mol. The molecule has 1 heterocycles. The summed E-state index contributed by atoms with van der Waals surface area (Å²) in [5.41, 5.74) is 1.11. The molecular formula is C19H20ClN5O3. The lowest BCUT2D eigenvalue weighted by Crippen LogP contribution is -2.30. The SMILES string of the molecule is COc1ccc(CCNC(=O)Cn2nnnc2COc2ccccc2Cl)cc1. The maximum Gasteiger partial charge on any atom is 0.241 e. The summed E-state index contributed by atoms with van der Waals surface area (Å²) in [5, 5.41) is 14.7. The molecule has 0 aliphatic heterocycles. The Kier molecular flexibility index (Phi) is 6.80. The van der Waals surface area contributed by atoms with E-state index in [1.54, 1.807) is 19.2 Å². The van der Waals surface area contributed by atoms with Gasteiger partial charge in [0.25, 0.3) is 0 Å². The fraction of sp³-hybridized carbons (Fsp3) is 0.263. The van der Waals surface area contributed by atoms with Crippen LogP contribution in [-0.4, -0.2) is 39.8 Å². The first-order chi connectivity index (χ1) is 13.7. The number of benzene rings is 2. The first-order valence-corrected chi connectivity index (χ1v) is 9.05. The van der Waals surface area contributed by atoms with Gasteiger partial charge in [-0.15, -0.1) is 5.10 Å². The lowest BCUT2D eigenvalue weighted by Gasteiger charge is -2.09. The Morgan fingerprint density at radius 2 is 1.96 bits per heavy atom. The maximum absolute atomic E-state index is 12.2. The highest BCUT2D eigenvalue weighted by molar-refractivity contribution is 6.32. The highest BCUT2D eigenvalue weighted by atomic mass is 35.5. The number of carbonyl (C=O) groups excluding carboxylic acids is 1. The van der Waals surface area contributed by atoms with E-state index < -0.39 is 0 Å². The molecule has 0 aliphatic rings. The number of methoxy groups -OCH3 is 1. The molecule has 0 aliphatic carbocycles. The molecule has 146 valence electrons. The molecule has 3 aromatic rings. The van der Waals surface area contributed by atoms with Crippen molar-refractivity contribution < 1.29 is 14.3 Å². The van der Waals surface area contributed by atoms with Crippen molar-refractivity contribution >= 4 is 17.5 Å². The van der Waals surface area contributed by atoms with Gasteiger partial charge in [0.05, 0.1) is 12.1 Å². The average molecular weight is 402 g/mol. The summed E-state index contributed by atoms with van der Waals surface area (Å²) in [6.07, 6.45) is 0.716. The molecule has 0 spiro atoms. The van der Waals surface area contributed by atoms with Crippen molar-refractivity contribution in [3.8, 4) is 11.5 Å². The molecule has 0 atom stereocenters. The van der Waals surface area contributed by atoms with Crippen LogP contribution in [0.4, 0.5) is 0 Å². The fourth-order valence-corrected chi connectivity index (χ4v) is 2.67. The van der Waals surface area contributed by atoms with Gasteiger partial charge in [0.15, 0.2) is 5.82 Å². The molecule has 1 amide bonds. The van der Waals surface area contributed by atoms with Crippen LogP contribution in [-0.2, 0) is 24.4 Å². The topological polar surface area (TPSA) is 91.2 Å². The van der Waals surface area contributed by atoms with Gasteiger partial charge in [-0.05, 0) is 46.7 Å². The number of para-hydroxylation sites is 1. The molecule has 1 N–H and O–H groups in total. The smallest absolute Gasteiger partial charge is 0.241 e. The lowest BCUT2D eigenvalue weighted by atomic mass is 10.1. The summed E-state index contributed by atoms with van der Waals surface area (Å²) in [6, 6.07) is 14.8. The first-order valence-electron chi connectivity index (χ1n) is 8.67. The van der Waals surface area contributed by atoms with Crippen LogP contribution in [0.15, 0.2) is 48.5 Å². The Labute approximate surface area is 167 Å². The molecule has 0 fully saturated rings. The van der Waals surface area contributed by atoms with E-state index in [1.807, 2.05) is 36.4 Å². The van der Waals surface area contributed by atoms with Crippen LogP contribution in [0.3, 0.4) is 0 Å². The molecule has 0 bridgehead atoms. The molecule has 8 nitrogen and oxygen atoms in total. The predicted octanol–water partition coefficient (Wildman–Crippen LogP) is 2.27. The number of nitrogens with zero attached hydrogens (tertiary/aromatic N) is 4. The molecule has 3 rings (SSSR count). The van der Waals surface area contributed by atoms with Gasteiger partial charge in [0, 0.05) is 6.54 Å². The van der Waals surface area contributed by atoms with E-state index in [0.717, 1.165) is 11.3 Å². The quantitative estimate of drug-likeness (QED) is 0.591. The van der Waals surface area contributed by atoms with E-state index in [0.29, 0.717) is 29.6 Å². The summed E-state index contributed by atoms with van der Waals surface area (Å²) < 4.78 is 12.2. The highest BCUT2D eigenvalue weighted by Gasteiger charge is 2.12. The fourth-order valence-electron chi connectivity index (χ4n) is 2.48. The minimum absolute atomic E-state index is 0.0107. The van der Waals surface area contributed by atoms with Gasteiger partial charge in [0.2, 0.25) is 5.91 Å². The molecule has 9 heteroatoms. The number of nitrogens with one attached hydrogen (secondary N) is 1. The summed E-state index contributed by atoms with van der Waals surface area (Å²) in [5.74, 6) is 1.59. The van der Waals surface area contributed by atoms with Crippen LogP contribution in [0.2, 0.25) is 5.02 Å². The van der Waals surface area contributed by atoms with E-state index in [-0.39, 0.29) is 19.1 Å². The molecule has 0 saturated carbocycles. The van der Waals surface area contributed by atoms with Crippen LogP contribution in [0, 0.1) is 0 Å². The van der Waals surface area contributed by atoms with E-state index in [1.165, 1.54) is 4.68 Å². The van der Waals surface area contributed by atoms with Crippen molar-refractivity contribution in [1.82, 2.24) is 25.5 Å². The number of halogens is 1. The summed E-state index contributed by atoms with van der Waals surface area (Å²) >= 11 is 6.06. The van der Waals surface area contributed by atoms with Crippen molar-refractivity contribution in [3.63, 3.8) is 0 Å². The van der Waals surface area contributed by atoms with Crippen molar-refractivity contribution in [2.45, 2.75) is 19.6 Å². The largest absolute Gasteiger partial charge is 0.497 e. The third kappa shape index (κ3) is 5.43. The van der Waals surface area contributed by atoms with Gasteiger partial charge in [-0.25, -0.2) is 4.68 Å². The standard InChI is InChI=1S/C19H20ClN5O3/c1-27-15-8-6-14(7-9-15)10-11-21-19(26)12-25-18(22-23-24-25)13-28-17-5-3-2-4-16(17)20/h2-9H,10-13H2,1H3,(H,21,26). The molecule has 0 radical (unpaired) electrons. The van der Waals surface area contributed by atoms with Crippen molar-refractivity contribution in [2.75, 3.05) is 13.7 Å². The molecule has 28 heavy (non-hydrogen) atoms. The van der Waals surface area contributed by atoms with E-state index >= 15 is 0 Å². The number of amides is 1. The average Bonchev–Trinajstić information content (AvgIpc) is 3.14. The third-order valence-corrected chi connectivity index (χ3v) is 4.30. The van der Waals surface area contributed by atoms with Gasteiger partial charge >= 0.3 is 0 Å². The van der Waals surface area contributed by atoms with Crippen molar-refractivity contribution in [2.24, 2.45) is 0 Å². The number of hydrogen-bond donors (Lipinski definition) is 1. The first kappa shape index (κ1) is 19.6. The van der Waals surface area contributed by atoms with Crippen molar-refractivity contribution in [1.29, 1.82) is 0 Å². The number of aromatic nitrogens is 4. The monoisotopic (exact) mass is 401 g/mol. The van der Waals surface area contributed by atoms with Gasteiger partial charge in [-0.2, -0.15) is 0 Å². The summed E-state index contributed by atoms with van der Waals surface area (Å²) in [6.45, 7) is 0.630. The second-order valence-corrected chi connectivity index (χ2v) is 6.33. The van der Waals surface area contributed by atoms with Crippen LogP contribution in [0.1, 0.15) is 11.4 Å². The minimum Gasteiger partial charge on any atom is -0.497 e. The summed E-state index contributed by atoms with van der Waals surface area (Å²) in [4.78, 5) is 12.2. The Morgan fingerprint density at radius 1 is 1.18 bits per heavy atom. The van der Waals surface area contributed by atoms with Crippen LogP contribution >= 0.6 is 11.6 Å². The number of hydrogen-bond acceptors (Lipinski definition) is 6. The highest BCUT2D eigenvalue weighted by Crippen LogP contribution is 2.23. The Balaban J connectivity index is 1.46. The number of tetrazole rings is 1. The van der Waals surface area contributed by atoms with Gasteiger partial charge < -0.3 is 14.8 Å². The zero-order chi connectivity index (χ0) is 19.8. The summed E-state index contributed by atoms with van der Waals surface area (Å²) in [7, 11) is 1.63. The van der Waals surface area contributed by atoms with Crippen LogP contribution in [0.5, 0.6) is 11.5 Å². The maximum atomic E-state index is 12.2. The molecule has 1 aromatic heterocycles. The zero-order valence-corrected chi connectivity index (χ0v) is 16.1. The lowest BCUT2D eigenvalue weighted by molar-refractivity contribution is -0.121. The number of carbonyl (C=O) groups is 1. The van der Waals surface area contributed by atoms with E-state index in [2.05, 4.69) is 20.8 Å². The van der Waals surface area contributed by atoms with E-state index in [4.69, 9.17) is 21.1 Å². The number of rotatable bonds is 9. The minimum atomic E-state index is -0.181. The second kappa shape index (κ2) is 9.70. The Morgan fingerprint density at radius 3 is 2.71 bits per heavy atom. The third-order valence-electron chi connectivity index (χ3n) is 3.99. The van der Waals surface area contributed by atoms with Crippen LogP contribution in [0.25, 0.3) is 0 Å². The van der Waals surface area contributed by atoms with Gasteiger partial charge in [-0.1, -0.05) is 35.9 Å². The molecule has 0 saturated heterocycles. The normalized spacial score (nSPS) is 10.5. The van der Waals surface area contributed by atoms with Crippen molar-refractivity contribution in [3.05, 3.63) is 64.9 Å². The van der Waals surface area contributed by atoms with E-state index in [9.17, 15) is 4.79 Å². The number of ether oxygens (including phenoxy) is 2. The van der Waals surface area contributed by atoms with Crippen LogP contribution < -0.4 is 14.8 Å². The Hall–Kier alpha value is -3.13. The Bertz CT molecular complexity index is 914. The van der Waals surface area contributed by atoms with Gasteiger partial charge in [0.1, 0.15) is 24.7 Å². The molecule has 0 unspecified atom stereocenters. The zero-order valence-electron chi connectivity index (χ0n) is 15.3. The van der Waals surface area contributed by atoms with Gasteiger partial charge in [-0.3, -0.25) is 4.79 Å². The molecular weight excluding hydrogens is 382 g/mol.